The molecular formula is C37H29N3. The van der Waals surface area contributed by atoms with Gasteiger partial charge < -0.3 is 14.1 Å². The summed E-state index contributed by atoms with van der Waals surface area (Å²) < 4.78 is 4.94. The average molecular weight is 516 g/mol. The normalized spacial score (nSPS) is 16.2. The summed E-state index contributed by atoms with van der Waals surface area (Å²) >= 11 is 0. The molecule has 0 saturated carbocycles. The first-order valence-electron chi connectivity index (χ1n) is 14.4. The van der Waals surface area contributed by atoms with Gasteiger partial charge in [-0.1, -0.05) is 73.7 Å². The molecule has 1 N–H and O–H groups in total. The Bertz CT molecular complexity index is 2310. The van der Waals surface area contributed by atoms with Gasteiger partial charge in [0.1, 0.15) is 0 Å². The van der Waals surface area contributed by atoms with Crippen LogP contribution in [-0.2, 0) is 0 Å². The van der Waals surface area contributed by atoms with Crippen LogP contribution in [0.4, 0.5) is 0 Å². The van der Waals surface area contributed by atoms with E-state index in [2.05, 4.69) is 130 Å². The van der Waals surface area contributed by atoms with E-state index in [9.17, 15) is 0 Å². The minimum atomic E-state index is 0.554. The maximum atomic E-state index is 3.90. The summed E-state index contributed by atoms with van der Waals surface area (Å²) in [4.78, 5) is 3.90. The number of H-pyrrole nitrogens is 1. The summed E-state index contributed by atoms with van der Waals surface area (Å²) in [5.74, 6) is 0.554. The number of rotatable bonds is 2. The van der Waals surface area contributed by atoms with Crippen LogP contribution < -0.4 is 0 Å². The van der Waals surface area contributed by atoms with Gasteiger partial charge in [-0.15, -0.1) is 0 Å². The summed E-state index contributed by atoms with van der Waals surface area (Å²) in [6.07, 6.45) is 6.16. The minimum Gasteiger partial charge on any atom is -0.354 e. The van der Waals surface area contributed by atoms with Crippen LogP contribution in [-0.4, -0.2) is 14.1 Å². The molecule has 5 aromatic carbocycles. The average Bonchev–Trinajstić information content (AvgIpc) is 3.64. The van der Waals surface area contributed by atoms with Gasteiger partial charge in [0.2, 0.25) is 0 Å². The van der Waals surface area contributed by atoms with Gasteiger partial charge in [0.05, 0.1) is 27.6 Å². The Balaban J connectivity index is 1.41. The molecule has 1 aliphatic rings. The lowest BCUT2D eigenvalue weighted by Gasteiger charge is -2.23. The lowest BCUT2D eigenvalue weighted by atomic mass is 9.93. The van der Waals surface area contributed by atoms with Crippen molar-refractivity contribution >= 4 is 71.1 Å². The Morgan fingerprint density at radius 1 is 0.625 bits per heavy atom. The number of hydrogen-bond acceptors (Lipinski definition) is 0. The van der Waals surface area contributed by atoms with Crippen LogP contribution in [0.5, 0.6) is 0 Å². The number of nitrogens with zero attached hydrogens (tertiary/aromatic N) is 2. The van der Waals surface area contributed by atoms with E-state index in [0.717, 1.165) is 6.42 Å². The third-order valence-corrected chi connectivity index (χ3v) is 9.17. The highest BCUT2D eigenvalue weighted by Crippen LogP contribution is 2.43. The molecule has 1 aliphatic carbocycles. The number of nitrogens with one attached hydrogen (secondary N) is 1. The molecule has 0 radical (unpaired) electrons. The molecule has 192 valence electrons. The van der Waals surface area contributed by atoms with Crippen molar-refractivity contribution in [3.05, 3.63) is 109 Å². The number of benzene rings is 5. The van der Waals surface area contributed by atoms with E-state index in [-0.39, 0.29) is 0 Å². The van der Waals surface area contributed by atoms with Crippen molar-refractivity contribution in [1.82, 2.24) is 14.1 Å². The maximum absolute atomic E-state index is 3.90. The van der Waals surface area contributed by atoms with E-state index in [1.807, 2.05) is 0 Å². The molecule has 0 aliphatic heterocycles. The third kappa shape index (κ3) is 2.90. The summed E-state index contributed by atoms with van der Waals surface area (Å²) in [6.45, 7) is 2.38. The molecule has 0 amide bonds. The molecule has 3 aromatic heterocycles. The van der Waals surface area contributed by atoms with Gasteiger partial charge >= 0.3 is 0 Å². The van der Waals surface area contributed by atoms with E-state index in [0.29, 0.717) is 5.92 Å². The number of fused-ring (bicyclic) bond motifs is 10. The monoisotopic (exact) mass is 515 g/mol. The number of hydrogen-bond donors (Lipinski definition) is 1. The van der Waals surface area contributed by atoms with Gasteiger partial charge in [-0.3, -0.25) is 0 Å². The van der Waals surface area contributed by atoms with Crippen molar-refractivity contribution in [3.63, 3.8) is 0 Å². The van der Waals surface area contributed by atoms with Crippen LogP contribution in [0.25, 0.3) is 76.8 Å². The van der Waals surface area contributed by atoms with Crippen molar-refractivity contribution in [2.24, 2.45) is 5.92 Å². The lowest BCUT2D eigenvalue weighted by Crippen LogP contribution is -2.09. The van der Waals surface area contributed by atoms with Crippen LogP contribution in [0.15, 0.2) is 109 Å². The second-order valence-electron chi connectivity index (χ2n) is 11.4. The van der Waals surface area contributed by atoms with Crippen LogP contribution in [0.3, 0.4) is 0 Å². The van der Waals surface area contributed by atoms with Crippen molar-refractivity contribution < 1.29 is 0 Å². The number of aromatic nitrogens is 3. The molecular weight excluding hydrogens is 486 g/mol. The first-order valence-corrected chi connectivity index (χ1v) is 14.4. The van der Waals surface area contributed by atoms with Gasteiger partial charge in [-0.25, -0.2) is 0 Å². The van der Waals surface area contributed by atoms with Crippen molar-refractivity contribution in [2.75, 3.05) is 0 Å². The number of aromatic amines is 1. The second-order valence-corrected chi connectivity index (χ2v) is 11.4. The first-order chi connectivity index (χ1) is 19.8. The van der Waals surface area contributed by atoms with Crippen LogP contribution in [0, 0.1) is 5.92 Å². The Morgan fingerprint density at radius 2 is 1.38 bits per heavy atom. The molecule has 0 spiro atoms. The second kappa shape index (κ2) is 8.12. The van der Waals surface area contributed by atoms with Gasteiger partial charge in [0.15, 0.2) is 0 Å². The predicted molar refractivity (Wildman–Crippen MR) is 170 cm³/mol. The summed E-state index contributed by atoms with van der Waals surface area (Å²) in [6, 6.07) is 37.9. The fourth-order valence-electron chi connectivity index (χ4n) is 7.36. The highest BCUT2D eigenvalue weighted by Gasteiger charge is 2.22. The Kier molecular flexibility index (Phi) is 4.49. The van der Waals surface area contributed by atoms with Crippen molar-refractivity contribution in [2.45, 2.75) is 26.2 Å². The summed E-state index contributed by atoms with van der Waals surface area (Å²) in [5, 5.41) is 7.75. The Morgan fingerprint density at radius 3 is 2.20 bits per heavy atom. The van der Waals surface area contributed by atoms with Crippen LogP contribution in [0.1, 0.15) is 26.2 Å². The van der Waals surface area contributed by atoms with Gasteiger partial charge in [-0.05, 0) is 67.6 Å². The van der Waals surface area contributed by atoms with E-state index in [1.165, 1.54) is 89.6 Å². The summed E-state index contributed by atoms with van der Waals surface area (Å²) in [5.41, 5.74) is 10.1. The van der Waals surface area contributed by atoms with Crippen LogP contribution >= 0.6 is 0 Å². The quantitative estimate of drug-likeness (QED) is 0.237. The molecule has 3 nitrogen and oxygen atoms in total. The van der Waals surface area contributed by atoms with Crippen molar-refractivity contribution in [1.29, 1.82) is 0 Å². The Hall–Kier alpha value is -4.76. The van der Waals surface area contributed by atoms with E-state index in [1.54, 1.807) is 0 Å². The highest BCUT2D eigenvalue weighted by molar-refractivity contribution is 6.27. The summed E-state index contributed by atoms with van der Waals surface area (Å²) in [7, 11) is 0. The molecule has 3 heteroatoms. The van der Waals surface area contributed by atoms with Gasteiger partial charge in [0.25, 0.3) is 0 Å². The zero-order chi connectivity index (χ0) is 26.4. The van der Waals surface area contributed by atoms with Gasteiger partial charge in [0, 0.05) is 49.2 Å². The third-order valence-electron chi connectivity index (χ3n) is 9.17. The molecule has 3 heterocycles. The standard InChI is InChI=1S/C37H29N3/c1-23-11-5-8-16-31(23)40-33-18-10-7-15-27(33)36-34(40)20-19-26-28-22-35-29(21-30(28)38-37(26)36)25-14-6-9-17-32(25)39(35)24-12-3-2-4-13-24/h2-4,6-7,9-10,12-23,38H,5,8,11H2,1H3. The fraction of sp³-hybridized carbons (Fsp3) is 0.135. The molecule has 8 aromatic rings. The molecule has 1 unspecified atom stereocenters. The lowest BCUT2D eigenvalue weighted by molar-refractivity contribution is 0.583. The Labute approximate surface area is 231 Å². The number of allylic oxidation sites excluding steroid dienone is 2. The van der Waals surface area contributed by atoms with E-state index >= 15 is 0 Å². The molecule has 40 heavy (non-hydrogen) atoms. The first kappa shape index (κ1) is 22.1. The highest BCUT2D eigenvalue weighted by atomic mass is 15.0. The maximum Gasteiger partial charge on any atom is 0.0566 e. The zero-order valence-corrected chi connectivity index (χ0v) is 22.5. The van der Waals surface area contributed by atoms with E-state index in [4.69, 9.17) is 0 Å². The van der Waals surface area contributed by atoms with Gasteiger partial charge in [-0.2, -0.15) is 0 Å². The van der Waals surface area contributed by atoms with E-state index < -0.39 is 0 Å². The molecule has 1 atom stereocenters. The molecule has 0 bridgehead atoms. The smallest absolute Gasteiger partial charge is 0.0566 e. The predicted octanol–water partition coefficient (Wildman–Crippen LogP) is 10.2. The number of para-hydroxylation sites is 3. The topological polar surface area (TPSA) is 25.6 Å². The molecule has 0 fully saturated rings. The fourth-order valence-corrected chi connectivity index (χ4v) is 7.36. The molecule has 0 saturated heterocycles. The SMILES string of the molecule is CC1CCCC=C1n1c2ccccc2c2c3[nH]c4cc5c6ccccc6n(-c6ccccc6)c5cc4c3ccc21. The van der Waals surface area contributed by atoms with Crippen LogP contribution in [0.2, 0.25) is 0 Å². The van der Waals surface area contributed by atoms with Crippen molar-refractivity contribution in [3.8, 4) is 5.69 Å². The molecule has 9 rings (SSSR count). The zero-order valence-electron chi connectivity index (χ0n) is 22.5. The minimum absolute atomic E-state index is 0.554. The largest absolute Gasteiger partial charge is 0.354 e.